The van der Waals surface area contributed by atoms with Gasteiger partial charge in [-0.15, -0.1) is 0 Å². The third kappa shape index (κ3) is 3.78. The zero-order chi connectivity index (χ0) is 13.5. The molecule has 1 aromatic rings. The second kappa shape index (κ2) is 7.08. The molecule has 0 fully saturated rings. The zero-order valence-electron chi connectivity index (χ0n) is 10.6. The third-order valence-electron chi connectivity index (χ3n) is 2.66. The normalized spacial score (nSPS) is 12.2. The highest BCUT2D eigenvalue weighted by molar-refractivity contribution is 5.94. The molecular formula is C13H18FNO3. The van der Waals surface area contributed by atoms with Crippen molar-refractivity contribution < 1.29 is 19.0 Å². The van der Waals surface area contributed by atoms with Crippen molar-refractivity contribution >= 4 is 5.91 Å². The molecule has 0 bridgehead atoms. The second-order valence-corrected chi connectivity index (χ2v) is 4.07. The maximum absolute atomic E-state index is 13.7. The van der Waals surface area contributed by atoms with Crippen LogP contribution in [0.3, 0.4) is 0 Å². The molecule has 0 saturated heterocycles. The standard InChI is InChI=1S/C13H18FNO3/c1-9-4-3-5-11(12(9)14)13(17)15-10(8-16)6-7-18-2/h3-5,10,16H,6-8H2,1-2H3,(H,15,17). The van der Waals surface area contributed by atoms with Gasteiger partial charge in [-0.05, 0) is 25.0 Å². The van der Waals surface area contributed by atoms with Crippen molar-refractivity contribution in [2.24, 2.45) is 0 Å². The minimum Gasteiger partial charge on any atom is -0.394 e. The first-order chi connectivity index (χ1) is 8.60. The Bertz CT molecular complexity index is 409. The molecule has 0 spiro atoms. The van der Waals surface area contributed by atoms with Crippen LogP contribution in [0.4, 0.5) is 4.39 Å². The van der Waals surface area contributed by atoms with Crippen molar-refractivity contribution in [2.75, 3.05) is 20.3 Å². The number of carbonyl (C=O) groups is 1. The third-order valence-corrected chi connectivity index (χ3v) is 2.66. The van der Waals surface area contributed by atoms with Gasteiger partial charge in [-0.25, -0.2) is 4.39 Å². The number of aliphatic hydroxyl groups is 1. The Kier molecular flexibility index (Phi) is 5.74. The topological polar surface area (TPSA) is 58.6 Å². The Balaban J connectivity index is 2.72. The van der Waals surface area contributed by atoms with Gasteiger partial charge in [0.1, 0.15) is 5.82 Å². The molecule has 5 heteroatoms. The van der Waals surface area contributed by atoms with Crippen LogP contribution in [0.1, 0.15) is 22.3 Å². The van der Waals surface area contributed by atoms with Crippen LogP contribution in [0, 0.1) is 12.7 Å². The van der Waals surface area contributed by atoms with Crippen LogP contribution >= 0.6 is 0 Å². The van der Waals surface area contributed by atoms with E-state index in [9.17, 15) is 9.18 Å². The molecule has 1 amide bonds. The summed E-state index contributed by atoms with van der Waals surface area (Å²) in [5, 5.41) is 11.7. The predicted molar refractivity (Wildman–Crippen MR) is 66.0 cm³/mol. The SMILES string of the molecule is COCCC(CO)NC(=O)c1cccc(C)c1F. The van der Waals surface area contributed by atoms with E-state index in [1.165, 1.54) is 13.2 Å². The number of amides is 1. The van der Waals surface area contributed by atoms with Crippen LogP contribution in [0.25, 0.3) is 0 Å². The Hall–Kier alpha value is -1.46. The van der Waals surface area contributed by atoms with Gasteiger partial charge in [-0.1, -0.05) is 12.1 Å². The van der Waals surface area contributed by atoms with Gasteiger partial charge in [-0.2, -0.15) is 0 Å². The fraction of sp³-hybridized carbons (Fsp3) is 0.462. The molecule has 18 heavy (non-hydrogen) atoms. The van der Waals surface area contributed by atoms with Gasteiger partial charge in [0.2, 0.25) is 0 Å². The first-order valence-corrected chi connectivity index (χ1v) is 5.76. The molecule has 1 rings (SSSR count). The molecule has 4 nitrogen and oxygen atoms in total. The molecule has 0 aliphatic rings. The van der Waals surface area contributed by atoms with Crippen LogP contribution in [-0.4, -0.2) is 37.4 Å². The highest BCUT2D eigenvalue weighted by atomic mass is 19.1. The molecule has 0 radical (unpaired) electrons. The van der Waals surface area contributed by atoms with Gasteiger partial charge in [-0.3, -0.25) is 4.79 Å². The van der Waals surface area contributed by atoms with Crippen molar-refractivity contribution in [3.8, 4) is 0 Å². The quantitative estimate of drug-likeness (QED) is 0.804. The average molecular weight is 255 g/mol. The van der Waals surface area contributed by atoms with E-state index in [1.807, 2.05) is 0 Å². The Morgan fingerprint density at radius 2 is 2.28 bits per heavy atom. The Morgan fingerprint density at radius 1 is 1.56 bits per heavy atom. The van der Waals surface area contributed by atoms with Crippen molar-refractivity contribution in [1.29, 1.82) is 0 Å². The smallest absolute Gasteiger partial charge is 0.254 e. The summed E-state index contributed by atoms with van der Waals surface area (Å²) >= 11 is 0. The molecule has 2 N–H and O–H groups in total. The largest absolute Gasteiger partial charge is 0.394 e. The summed E-state index contributed by atoms with van der Waals surface area (Å²) in [4.78, 5) is 11.8. The van der Waals surface area contributed by atoms with E-state index < -0.39 is 17.8 Å². The van der Waals surface area contributed by atoms with E-state index in [2.05, 4.69) is 5.32 Å². The summed E-state index contributed by atoms with van der Waals surface area (Å²) in [7, 11) is 1.54. The molecule has 0 saturated carbocycles. The summed E-state index contributed by atoms with van der Waals surface area (Å²) in [6.45, 7) is 1.81. The van der Waals surface area contributed by atoms with E-state index in [0.717, 1.165) is 0 Å². The summed E-state index contributed by atoms with van der Waals surface area (Å²) in [5.41, 5.74) is 0.408. The summed E-state index contributed by atoms with van der Waals surface area (Å²) < 4.78 is 18.6. The number of rotatable bonds is 6. The molecular weight excluding hydrogens is 237 g/mol. The molecule has 0 aliphatic heterocycles. The van der Waals surface area contributed by atoms with Gasteiger partial charge >= 0.3 is 0 Å². The van der Waals surface area contributed by atoms with Crippen LogP contribution in [-0.2, 0) is 4.74 Å². The molecule has 1 atom stereocenters. The van der Waals surface area contributed by atoms with Gasteiger partial charge in [0.15, 0.2) is 0 Å². The van der Waals surface area contributed by atoms with Crippen LogP contribution in [0.5, 0.6) is 0 Å². The minimum atomic E-state index is -0.529. The highest BCUT2D eigenvalue weighted by Gasteiger charge is 2.16. The van der Waals surface area contributed by atoms with Gasteiger partial charge in [0.05, 0.1) is 18.2 Å². The average Bonchev–Trinajstić information content (AvgIpc) is 2.37. The lowest BCUT2D eigenvalue weighted by atomic mass is 10.1. The van der Waals surface area contributed by atoms with E-state index in [4.69, 9.17) is 9.84 Å². The second-order valence-electron chi connectivity index (χ2n) is 4.07. The number of ether oxygens (including phenoxy) is 1. The maximum atomic E-state index is 13.7. The minimum absolute atomic E-state index is 0.00846. The highest BCUT2D eigenvalue weighted by Crippen LogP contribution is 2.12. The predicted octanol–water partition coefficient (Wildman–Crippen LogP) is 1.26. The number of aliphatic hydroxyl groups excluding tert-OH is 1. The van der Waals surface area contributed by atoms with E-state index >= 15 is 0 Å². The zero-order valence-corrected chi connectivity index (χ0v) is 10.6. The van der Waals surface area contributed by atoms with Crippen molar-refractivity contribution in [3.63, 3.8) is 0 Å². The van der Waals surface area contributed by atoms with Crippen LogP contribution < -0.4 is 5.32 Å². The van der Waals surface area contributed by atoms with E-state index in [1.54, 1.807) is 19.1 Å². The summed E-state index contributed by atoms with van der Waals surface area (Å²) in [5.74, 6) is -1.05. The molecule has 0 aromatic heterocycles. The monoisotopic (exact) mass is 255 g/mol. The Labute approximate surface area is 106 Å². The first kappa shape index (κ1) is 14.6. The number of benzene rings is 1. The molecule has 0 aliphatic carbocycles. The van der Waals surface area contributed by atoms with Gasteiger partial charge in [0.25, 0.3) is 5.91 Å². The van der Waals surface area contributed by atoms with Crippen molar-refractivity contribution in [1.82, 2.24) is 5.32 Å². The summed E-state index contributed by atoms with van der Waals surface area (Å²) in [6, 6.07) is 4.21. The molecule has 0 heterocycles. The van der Waals surface area contributed by atoms with Crippen molar-refractivity contribution in [3.05, 3.63) is 35.1 Å². The van der Waals surface area contributed by atoms with Gasteiger partial charge in [0, 0.05) is 13.7 Å². The lowest BCUT2D eigenvalue weighted by molar-refractivity contribution is 0.0890. The lowest BCUT2D eigenvalue weighted by Crippen LogP contribution is -2.38. The number of hydrogen-bond donors (Lipinski definition) is 2. The molecule has 1 unspecified atom stereocenters. The van der Waals surface area contributed by atoms with Crippen LogP contribution in [0.2, 0.25) is 0 Å². The Morgan fingerprint density at radius 3 is 2.89 bits per heavy atom. The fourth-order valence-corrected chi connectivity index (χ4v) is 1.56. The lowest BCUT2D eigenvalue weighted by Gasteiger charge is -2.16. The number of methoxy groups -OCH3 is 1. The number of aryl methyl sites for hydroxylation is 1. The van der Waals surface area contributed by atoms with Crippen molar-refractivity contribution in [2.45, 2.75) is 19.4 Å². The van der Waals surface area contributed by atoms with E-state index in [-0.39, 0.29) is 12.2 Å². The molecule has 1 aromatic carbocycles. The summed E-state index contributed by atoms with van der Waals surface area (Å²) in [6.07, 6.45) is 0.478. The van der Waals surface area contributed by atoms with Gasteiger partial charge < -0.3 is 15.2 Å². The number of halogens is 1. The fourth-order valence-electron chi connectivity index (χ4n) is 1.56. The maximum Gasteiger partial charge on any atom is 0.254 e. The number of hydrogen-bond acceptors (Lipinski definition) is 3. The van der Waals surface area contributed by atoms with Crippen LogP contribution in [0.15, 0.2) is 18.2 Å². The first-order valence-electron chi connectivity index (χ1n) is 5.76. The number of nitrogens with one attached hydrogen (secondary N) is 1. The number of carbonyl (C=O) groups excluding carboxylic acids is 1. The molecule has 100 valence electrons. The van der Waals surface area contributed by atoms with E-state index in [0.29, 0.717) is 18.6 Å².